The quantitative estimate of drug-likeness (QED) is 0.170. The van der Waals surface area contributed by atoms with Crippen molar-refractivity contribution in [1.29, 1.82) is 0 Å². The van der Waals surface area contributed by atoms with E-state index in [1.165, 1.54) is 70.6 Å². The van der Waals surface area contributed by atoms with Crippen molar-refractivity contribution < 1.29 is 64.6 Å². The Balaban J connectivity index is -0.000000166. The molecule has 0 aliphatic heterocycles. The van der Waals surface area contributed by atoms with E-state index < -0.39 is 20.8 Å². The Labute approximate surface area is 175 Å². The van der Waals surface area contributed by atoms with Gasteiger partial charge in [-0.25, -0.2) is 0 Å². The smallest absolute Gasteiger partial charge is 0.343 e. The van der Waals surface area contributed by atoms with Crippen molar-refractivity contribution in [2.45, 2.75) is 84.0 Å². The number of hydrogen-bond acceptors (Lipinski definition) is 4. The third kappa shape index (κ3) is 92.8. The summed E-state index contributed by atoms with van der Waals surface area (Å²) in [6.45, 7) is 6.14. The van der Waals surface area contributed by atoms with Crippen LogP contribution in [0.2, 0.25) is 0 Å². The van der Waals surface area contributed by atoms with Crippen LogP contribution in [-0.2, 0) is 20.8 Å². The van der Waals surface area contributed by atoms with Crippen LogP contribution in [0.5, 0.6) is 0 Å². The standard InChI is InChI=1S/C14H29.Na.2H2O4S/c1-3-5-7-9-11-13-14-12-10-8-6-4-2;;2*1-5(2,3)4/h1,3-14H2,2H3;;2*(H2,1,2,3,4)/q-1;+1;;. The van der Waals surface area contributed by atoms with Gasteiger partial charge in [-0.3, -0.25) is 18.2 Å². The van der Waals surface area contributed by atoms with Gasteiger partial charge >= 0.3 is 50.4 Å². The fraction of sp³-hybridized carbons (Fsp3) is 0.929. The Kier molecular flexibility index (Phi) is 30.4. The van der Waals surface area contributed by atoms with Gasteiger partial charge in [-0.1, -0.05) is 77.6 Å². The summed E-state index contributed by atoms with van der Waals surface area (Å²) in [6, 6.07) is 0. The van der Waals surface area contributed by atoms with Crippen LogP contribution in [-0.4, -0.2) is 35.0 Å². The normalized spacial score (nSPS) is 10.6. The van der Waals surface area contributed by atoms with Crippen LogP contribution in [0.15, 0.2) is 0 Å². The topological polar surface area (TPSA) is 149 Å². The third-order valence-corrected chi connectivity index (χ3v) is 2.85. The maximum atomic E-state index is 8.74. The molecule has 11 heteroatoms. The first-order valence-electron chi connectivity index (χ1n) is 8.10. The Hall–Kier alpha value is 0.740. The monoisotopic (exact) mass is 416 g/mol. The van der Waals surface area contributed by atoms with Gasteiger partial charge in [-0.05, 0) is 0 Å². The summed E-state index contributed by atoms with van der Waals surface area (Å²) in [5.41, 5.74) is 0. The van der Waals surface area contributed by atoms with Gasteiger partial charge in [-0.15, -0.1) is 0 Å². The molecule has 0 aliphatic rings. The van der Waals surface area contributed by atoms with E-state index in [0.29, 0.717) is 0 Å². The van der Waals surface area contributed by atoms with Gasteiger partial charge in [0.2, 0.25) is 0 Å². The van der Waals surface area contributed by atoms with Crippen LogP contribution in [0.25, 0.3) is 0 Å². The molecule has 0 aromatic heterocycles. The molecule has 0 aromatic rings. The first kappa shape index (κ1) is 33.3. The van der Waals surface area contributed by atoms with Crippen molar-refractivity contribution in [3.63, 3.8) is 0 Å². The van der Waals surface area contributed by atoms with E-state index in [-0.39, 0.29) is 29.6 Å². The molecule has 0 aliphatic carbocycles. The average Bonchev–Trinajstić information content (AvgIpc) is 2.37. The summed E-state index contributed by atoms with van der Waals surface area (Å²) in [6.07, 6.45) is 16.9. The van der Waals surface area contributed by atoms with E-state index in [9.17, 15) is 0 Å². The molecule has 0 unspecified atom stereocenters. The van der Waals surface area contributed by atoms with Gasteiger partial charge in [0.25, 0.3) is 0 Å². The van der Waals surface area contributed by atoms with Crippen LogP contribution in [0.4, 0.5) is 0 Å². The van der Waals surface area contributed by atoms with Crippen LogP contribution in [0, 0.1) is 6.92 Å². The molecule has 8 nitrogen and oxygen atoms in total. The predicted octanol–water partition coefficient (Wildman–Crippen LogP) is 1.22. The maximum Gasteiger partial charge on any atom is 1.00 e. The number of hydrogen-bond donors (Lipinski definition) is 4. The molecule has 0 bridgehead atoms. The molecule has 0 aromatic carbocycles. The molecule has 150 valence electrons. The summed E-state index contributed by atoms with van der Waals surface area (Å²) < 4.78 is 63.2. The second kappa shape index (κ2) is 22.8. The van der Waals surface area contributed by atoms with Crippen molar-refractivity contribution in [2.24, 2.45) is 0 Å². The zero-order chi connectivity index (χ0) is 19.5. The van der Waals surface area contributed by atoms with Gasteiger partial charge in [-0.2, -0.15) is 23.3 Å². The molecule has 0 saturated carbocycles. The summed E-state index contributed by atoms with van der Waals surface area (Å²) in [4.78, 5) is 0. The second-order valence-electron chi connectivity index (χ2n) is 5.28. The molecular weight excluding hydrogens is 383 g/mol. The Morgan fingerprint density at radius 3 is 1.00 bits per heavy atom. The van der Waals surface area contributed by atoms with Crippen LogP contribution < -0.4 is 29.6 Å². The summed E-state index contributed by atoms with van der Waals surface area (Å²) in [5.74, 6) is 0. The average molecular weight is 417 g/mol. The van der Waals surface area contributed by atoms with Crippen LogP contribution in [0.3, 0.4) is 0 Å². The SMILES string of the molecule is O=S(=O)(O)O.O=S(=O)(O)O.[CH2-]CCCCCCCCCCCCC.[Na+]. The van der Waals surface area contributed by atoms with Gasteiger partial charge in [0, 0.05) is 0 Å². The molecule has 0 rings (SSSR count). The second-order valence-corrected chi connectivity index (χ2v) is 7.08. The summed E-state index contributed by atoms with van der Waals surface area (Å²) >= 11 is 0. The zero-order valence-corrected chi connectivity index (χ0v) is 19.1. The molecule has 4 N–H and O–H groups in total. The molecule has 0 atom stereocenters. The minimum atomic E-state index is -4.67. The molecule has 0 saturated heterocycles. The van der Waals surface area contributed by atoms with Crippen molar-refractivity contribution in [3.8, 4) is 0 Å². The summed E-state index contributed by atoms with van der Waals surface area (Å²) in [5, 5.41) is 0. The van der Waals surface area contributed by atoms with Crippen LogP contribution in [0.1, 0.15) is 84.0 Å². The molecule has 0 spiro atoms. The van der Waals surface area contributed by atoms with Gasteiger partial charge < -0.3 is 6.92 Å². The Morgan fingerprint density at radius 2 is 0.800 bits per heavy atom. The van der Waals surface area contributed by atoms with E-state index in [1.54, 1.807) is 0 Å². The van der Waals surface area contributed by atoms with E-state index in [1.807, 2.05) is 0 Å². The largest absolute Gasteiger partial charge is 1.00 e. The van der Waals surface area contributed by atoms with E-state index in [2.05, 4.69) is 13.8 Å². The molecule has 0 radical (unpaired) electrons. The first-order chi connectivity index (χ1) is 10.9. The molecular formula is C14H33NaO8S2. The van der Waals surface area contributed by atoms with Crippen molar-refractivity contribution in [1.82, 2.24) is 0 Å². The van der Waals surface area contributed by atoms with Gasteiger partial charge in [0.1, 0.15) is 0 Å². The minimum Gasteiger partial charge on any atom is -0.343 e. The number of unbranched alkanes of at least 4 members (excludes halogenated alkanes) is 11. The first-order valence-corrected chi connectivity index (χ1v) is 10.9. The molecule has 0 amide bonds. The summed E-state index contributed by atoms with van der Waals surface area (Å²) in [7, 11) is -9.33. The number of rotatable bonds is 11. The van der Waals surface area contributed by atoms with E-state index in [4.69, 9.17) is 35.0 Å². The maximum absolute atomic E-state index is 8.74. The van der Waals surface area contributed by atoms with Crippen molar-refractivity contribution in [2.75, 3.05) is 0 Å². The third-order valence-electron chi connectivity index (χ3n) is 2.85. The van der Waals surface area contributed by atoms with Gasteiger partial charge in [0.15, 0.2) is 0 Å². The molecule has 25 heavy (non-hydrogen) atoms. The van der Waals surface area contributed by atoms with E-state index in [0.717, 1.165) is 6.42 Å². The molecule has 0 heterocycles. The van der Waals surface area contributed by atoms with E-state index >= 15 is 0 Å². The van der Waals surface area contributed by atoms with Crippen molar-refractivity contribution >= 4 is 20.8 Å². The fourth-order valence-corrected chi connectivity index (χ4v) is 1.84. The predicted molar refractivity (Wildman–Crippen MR) is 94.8 cm³/mol. The fourth-order valence-electron chi connectivity index (χ4n) is 1.84. The minimum absolute atomic E-state index is 0. The Bertz CT molecular complexity index is 380. The van der Waals surface area contributed by atoms with Gasteiger partial charge in [0.05, 0.1) is 0 Å². The Morgan fingerprint density at radius 1 is 0.600 bits per heavy atom. The molecule has 0 fully saturated rings. The van der Waals surface area contributed by atoms with Crippen molar-refractivity contribution in [3.05, 3.63) is 6.92 Å². The zero-order valence-electron chi connectivity index (χ0n) is 15.4. The van der Waals surface area contributed by atoms with Crippen LogP contribution >= 0.6 is 0 Å².